The van der Waals surface area contributed by atoms with Crippen molar-refractivity contribution in [1.29, 1.82) is 0 Å². The van der Waals surface area contributed by atoms with Crippen LogP contribution in [0.3, 0.4) is 0 Å². The maximum absolute atomic E-state index is 11.2. The normalized spacial score (nSPS) is 10.5. The molecular formula is C9H14N2O3S. The molecule has 5 nitrogen and oxygen atoms in total. The fraction of sp³-hybridized carbons (Fsp3) is 0.667. The van der Waals surface area contributed by atoms with Gasteiger partial charge in [0.2, 0.25) is 5.89 Å². The number of carbonyl (C=O) groups is 1. The summed E-state index contributed by atoms with van der Waals surface area (Å²) >= 11 is 1.71. The van der Waals surface area contributed by atoms with Gasteiger partial charge in [0.1, 0.15) is 6.61 Å². The van der Waals surface area contributed by atoms with Crippen molar-refractivity contribution in [3.63, 3.8) is 0 Å². The number of hydrogen-bond acceptors (Lipinski definition) is 6. The molecule has 0 spiro atoms. The van der Waals surface area contributed by atoms with Crippen molar-refractivity contribution in [2.75, 3.05) is 19.5 Å². The first-order chi connectivity index (χ1) is 7.26. The van der Waals surface area contributed by atoms with E-state index in [2.05, 4.69) is 17.1 Å². The summed E-state index contributed by atoms with van der Waals surface area (Å²) in [5, 5.41) is 3.77. The Morgan fingerprint density at radius 3 is 3.07 bits per heavy atom. The molecule has 1 heterocycles. The molecule has 0 aliphatic heterocycles. The van der Waals surface area contributed by atoms with Crippen LogP contribution in [-0.4, -0.2) is 35.4 Å². The first-order valence-electron chi connectivity index (χ1n) is 4.66. The minimum Gasteiger partial charge on any atom is -0.377 e. The summed E-state index contributed by atoms with van der Waals surface area (Å²) in [4.78, 5) is 15.3. The lowest BCUT2D eigenvalue weighted by Crippen LogP contribution is -2.09. The summed E-state index contributed by atoms with van der Waals surface area (Å²) in [5.74, 6) is 2.67. The van der Waals surface area contributed by atoms with Gasteiger partial charge >= 0.3 is 0 Å². The molecule has 0 amide bonds. The Hall–Kier alpha value is -0.880. The van der Waals surface area contributed by atoms with Gasteiger partial charge in [-0.1, -0.05) is 12.1 Å². The van der Waals surface area contributed by atoms with E-state index in [0.29, 0.717) is 11.7 Å². The van der Waals surface area contributed by atoms with Crippen LogP contribution in [0.5, 0.6) is 0 Å². The van der Waals surface area contributed by atoms with E-state index >= 15 is 0 Å². The lowest BCUT2D eigenvalue weighted by molar-refractivity contribution is -0.122. The summed E-state index contributed by atoms with van der Waals surface area (Å²) in [6.45, 7) is 2.15. The third-order valence-electron chi connectivity index (χ3n) is 1.60. The van der Waals surface area contributed by atoms with Crippen molar-refractivity contribution in [2.24, 2.45) is 0 Å². The van der Waals surface area contributed by atoms with Gasteiger partial charge in [-0.2, -0.15) is 16.7 Å². The van der Waals surface area contributed by atoms with Crippen molar-refractivity contribution in [3.8, 4) is 0 Å². The van der Waals surface area contributed by atoms with Crippen LogP contribution in [0.15, 0.2) is 4.52 Å². The number of hydrogen-bond donors (Lipinski definition) is 0. The van der Waals surface area contributed by atoms with Gasteiger partial charge in [0, 0.05) is 7.11 Å². The average molecular weight is 230 g/mol. The van der Waals surface area contributed by atoms with Gasteiger partial charge in [0.25, 0.3) is 0 Å². The summed E-state index contributed by atoms with van der Waals surface area (Å²) in [6, 6.07) is 0. The Balaban J connectivity index is 2.42. The van der Waals surface area contributed by atoms with E-state index < -0.39 is 0 Å². The van der Waals surface area contributed by atoms with Crippen molar-refractivity contribution < 1.29 is 14.1 Å². The number of thioether (sulfide) groups is 1. The molecule has 0 N–H and O–H groups in total. The highest BCUT2D eigenvalue weighted by Gasteiger charge is 2.10. The lowest BCUT2D eigenvalue weighted by Gasteiger charge is -1.93. The Labute approximate surface area is 92.6 Å². The van der Waals surface area contributed by atoms with E-state index in [-0.39, 0.29) is 18.8 Å². The number of aromatic nitrogens is 2. The van der Waals surface area contributed by atoms with Crippen LogP contribution >= 0.6 is 11.8 Å². The number of ether oxygens (including phenoxy) is 1. The molecule has 0 unspecified atom stereocenters. The summed E-state index contributed by atoms with van der Waals surface area (Å²) in [6.07, 6.45) is 0.150. The molecule has 6 heteroatoms. The van der Waals surface area contributed by atoms with Crippen LogP contribution in [0.25, 0.3) is 0 Å². The van der Waals surface area contributed by atoms with Crippen LogP contribution in [0.4, 0.5) is 0 Å². The second-order valence-corrected chi connectivity index (χ2v) is 4.16. The second-order valence-electron chi connectivity index (χ2n) is 2.89. The zero-order valence-corrected chi connectivity index (χ0v) is 9.67. The molecule has 0 saturated carbocycles. The fourth-order valence-corrected chi connectivity index (χ4v) is 1.50. The van der Waals surface area contributed by atoms with Gasteiger partial charge in [-0.25, -0.2) is 0 Å². The van der Waals surface area contributed by atoms with E-state index in [4.69, 9.17) is 9.26 Å². The molecule has 0 aromatic carbocycles. The Bertz CT molecular complexity index is 314. The minimum atomic E-state index is -0.0594. The van der Waals surface area contributed by atoms with Gasteiger partial charge in [-0.15, -0.1) is 0 Å². The van der Waals surface area contributed by atoms with E-state index in [1.807, 2.05) is 0 Å². The Morgan fingerprint density at radius 2 is 2.40 bits per heavy atom. The van der Waals surface area contributed by atoms with E-state index in [1.165, 1.54) is 7.11 Å². The van der Waals surface area contributed by atoms with Gasteiger partial charge < -0.3 is 9.26 Å². The number of methoxy groups -OCH3 is 1. The molecule has 0 atom stereocenters. The fourth-order valence-electron chi connectivity index (χ4n) is 0.995. The van der Waals surface area contributed by atoms with E-state index in [0.717, 1.165) is 11.5 Å². The maximum atomic E-state index is 11.2. The third kappa shape index (κ3) is 4.44. The Kier molecular flexibility index (Phi) is 5.34. The second kappa shape index (κ2) is 6.58. The molecule has 0 bridgehead atoms. The van der Waals surface area contributed by atoms with Gasteiger partial charge in [0.05, 0.1) is 12.2 Å². The summed E-state index contributed by atoms with van der Waals surface area (Å²) in [7, 11) is 1.48. The predicted molar refractivity (Wildman–Crippen MR) is 56.7 cm³/mol. The molecule has 1 rings (SSSR count). The van der Waals surface area contributed by atoms with Gasteiger partial charge in [0.15, 0.2) is 11.6 Å². The van der Waals surface area contributed by atoms with E-state index in [1.54, 1.807) is 11.8 Å². The highest BCUT2D eigenvalue weighted by Crippen LogP contribution is 2.08. The molecule has 15 heavy (non-hydrogen) atoms. The van der Waals surface area contributed by atoms with Crippen LogP contribution in [0, 0.1) is 0 Å². The van der Waals surface area contributed by atoms with Crippen molar-refractivity contribution in [3.05, 3.63) is 11.7 Å². The molecule has 1 aromatic rings. The first kappa shape index (κ1) is 12.2. The standard InChI is InChI=1S/C9H14N2O3S/c1-3-15-6-8-10-9(14-11-8)4-7(12)5-13-2/h3-6H2,1-2H3. The molecule has 84 valence electrons. The number of carbonyl (C=O) groups excluding carboxylic acids is 1. The van der Waals surface area contributed by atoms with E-state index in [9.17, 15) is 4.79 Å². The van der Waals surface area contributed by atoms with Gasteiger partial charge in [-0.3, -0.25) is 4.79 Å². The average Bonchev–Trinajstić information content (AvgIpc) is 2.63. The molecule has 0 aliphatic carbocycles. The minimum absolute atomic E-state index is 0.0594. The lowest BCUT2D eigenvalue weighted by atomic mass is 10.3. The zero-order chi connectivity index (χ0) is 11.1. The zero-order valence-electron chi connectivity index (χ0n) is 8.86. The number of rotatable bonds is 7. The first-order valence-corrected chi connectivity index (χ1v) is 5.81. The highest BCUT2D eigenvalue weighted by atomic mass is 32.2. The summed E-state index contributed by atoms with van der Waals surface area (Å²) in [5.41, 5.74) is 0. The highest BCUT2D eigenvalue weighted by molar-refractivity contribution is 7.98. The molecular weight excluding hydrogens is 216 g/mol. The maximum Gasteiger partial charge on any atom is 0.234 e. The SMILES string of the molecule is CCSCc1noc(CC(=O)COC)n1. The molecule has 0 aliphatic rings. The van der Waals surface area contributed by atoms with Crippen LogP contribution < -0.4 is 0 Å². The number of ketones is 1. The van der Waals surface area contributed by atoms with Crippen molar-refractivity contribution >= 4 is 17.5 Å². The smallest absolute Gasteiger partial charge is 0.234 e. The molecule has 0 saturated heterocycles. The van der Waals surface area contributed by atoms with Gasteiger partial charge in [-0.05, 0) is 5.75 Å². The number of Topliss-reactive ketones (excluding diaryl/α,β-unsaturated/α-hetero) is 1. The Morgan fingerprint density at radius 1 is 1.60 bits per heavy atom. The van der Waals surface area contributed by atoms with Crippen molar-refractivity contribution in [1.82, 2.24) is 10.1 Å². The molecule has 1 aromatic heterocycles. The summed E-state index contributed by atoms with van der Waals surface area (Å²) < 4.78 is 9.63. The predicted octanol–water partition coefficient (Wildman–Crippen LogP) is 1.08. The largest absolute Gasteiger partial charge is 0.377 e. The van der Waals surface area contributed by atoms with Crippen LogP contribution in [-0.2, 0) is 21.7 Å². The number of nitrogens with zero attached hydrogens (tertiary/aromatic N) is 2. The topological polar surface area (TPSA) is 65.2 Å². The van der Waals surface area contributed by atoms with Crippen molar-refractivity contribution in [2.45, 2.75) is 19.1 Å². The third-order valence-corrected chi connectivity index (χ3v) is 2.47. The van der Waals surface area contributed by atoms with Crippen LogP contribution in [0.2, 0.25) is 0 Å². The van der Waals surface area contributed by atoms with Crippen LogP contribution in [0.1, 0.15) is 18.6 Å². The quantitative estimate of drug-likeness (QED) is 0.698. The molecule has 0 fully saturated rings. The molecule has 0 radical (unpaired) electrons. The monoisotopic (exact) mass is 230 g/mol.